The molecule has 0 radical (unpaired) electrons. The average Bonchev–Trinajstić information content (AvgIpc) is 2.32. The molecule has 1 unspecified atom stereocenters. The third-order valence-corrected chi connectivity index (χ3v) is 2.98. The number of pyridine rings is 1. The minimum Gasteiger partial charge on any atom is -0.306 e. The first kappa shape index (κ1) is 13.2. The number of rotatable bonds is 1. The summed E-state index contributed by atoms with van der Waals surface area (Å²) in [6.07, 6.45) is 4.57. The third-order valence-electron chi connectivity index (χ3n) is 2.98. The summed E-state index contributed by atoms with van der Waals surface area (Å²) in [5.74, 6) is 0.648. The summed E-state index contributed by atoms with van der Waals surface area (Å²) in [5.41, 5.74) is 2.51. The molecule has 2 heterocycles. The second-order valence-corrected chi connectivity index (χ2v) is 4.36. The molecule has 16 heavy (non-hydrogen) atoms. The van der Waals surface area contributed by atoms with Crippen LogP contribution >= 0.6 is 0 Å². The van der Waals surface area contributed by atoms with Crippen molar-refractivity contribution in [2.45, 2.75) is 39.5 Å². The van der Waals surface area contributed by atoms with Gasteiger partial charge in [0.15, 0.2) is 0 Å². The fraction of sp³-hybridized carbons (Fsp3) is 0.643. The van der Waals surface area contributed by atoms with E-state index in [2.05, 4.69) is 36.0 Å². The zero-order chi connectivity index (χ0) is 12.0. The predicted octanol–water partition coefficient (Wildman–Crippen LogP) is 3.23. The van der Waals surface area contributed by atoms with Gasteiger partial charge in [-0.2, -0.15) is 0 Å². The molecule has 1 atom stereocenters. The van der Waals surface area contributed by atoms with Gasteiger partial charge in [0.2, 0.25) is 0 Å². The van der Waals surface area contributed by atoms with Gasteiger partial charge in [-0.25, -0.2) is 0 Å². The van der Waals surface area contributed by atoms with E-state index >= 15 is 0 Å². The standard InChI is InChI=1S/C12H18N2.C2H6/c1-10-5-6-12(13-8-10)11-4-3-7-14(2)9-11;1-2/h5-6,8,11H,3-4,7,9H2,1-2H3;1-2H3. The molecule has 0 amide bonds. The Balaban J connectivity index is 0.000000606. The zero-order valence-electron chi connectivity index (χ0n) is 11.0. The van der Waals surface area contributed by atoms with E-state index in [0.29, 0.717) is 5.92 Å². The lowest BCUT2D eigenvalue weighted by Gasteiger charge is -2.29. The minimum absolute atomic E-state index is 0.648. The first-order valence-electron chi connectivity index (χ1n) is 6.37. The van der Waals surface area contributed by atoms with Gasteiger partial charge in [-0.05, 0) is 45.0 Å². The van der Waals surface area contributed by atoms with Crippen molar-refractivity contribution in [2.24, 2.45) is 0 Å². The maximum Gasteiger partial charge on any atom is 0.0447 e. The van der Waals surface area contributed by atoms with E-state index in [1.54, 1.807) is 0 Å². The van der Waals surface area contributed by atoms with Crippen molar-refractivity contribution in [3.05, 3.63) is 29.6 Å². The molecule has 2 heteroatoms. The summed E-state index contributed by atoms with van der Waals surface area (Å²) >= 11 is 0. The van der Waals surface area contributed by atoms with Crippen molar-refractivity contribution in [3.8, 4) is 0 Å². The van der Waals surface area contributed by atoms with E-state index in [1.807, 2.05) is 20.0 Å². The molecule has 0 spiro atoms. The van der Waals surface area contributed by atoms with E-state index in [-0.39, 0.29) is 0 Å². The molecule has 0 N–H and O–H groups in total. The molecule has 1 aliphatic heterocycles. The average molecular weight is 220 g/mol. The number of nitrogens with zero attached hydrogens (tertiary/aromatic N) is 2. The summed E-state index contributed by atoms with van der Waals surface area (Å²) < 4.78 is 0. The van der Waals surface area contributed by atoms with Gasteiger partial charge in [-0.15, -0.1) is 0 Å². The van der Waals surface area contributed by atoms with Crippen molar-refractivity contribution in [1.29, 1.82) is 0 Å². The second kappa shape index (κ2) is 6.64. The van der Waals surface area contributed by atoms with Crippen LogP contribution in [0.25, 0.3) is 0 Å². The molecular weight excluding hydrogens is 196 g/mol. The number of aromatic nitrogens is 1. The highest BCUT2D eigenvalue weighted by Gasteiger charge is 2.19. The number of likely N-dealkylation sites (tertiary alicyclic amines) is 1. The molecule has 1 saturated heterocycles. The quantitative estimate of drug-likeness (QED) is 0.722. The number of likely N-dealkylation sites (N-methyl/N-ethyl adjacent to an activating group) is 1. The fourth-order valence-corrected chi connectivity index (χ4v) is 2.13. The summed E-state index contributed by atoms with van der Waals surface area (Å²) in [6.45, 7) is 8.49. The van der Waals surface area contributed by atoms with Crippen LogP contribution in [0.5, 0.6) is 0 Å². The Bertz CT molecular complexity index is 292. The van der Waals surface area contributed by atoms with Crippen molar-refractivity contribution in [3.63, 3.8) is 0 Å². The topological polar surface area (TPSA) is 16.1 Å². The van der Waals surface area contributed by atoms with Gasteiger partial charge in [-0.3, -0.25) is 4.98 Å². The molecule has 0 aliphatic carbocycles. The SMILES string of the molecule is CC.Cc1ccc(C2CCCN(C)C2)nc1. The zero-order valence-corrected chi connectivity index (χ0v) is 11.0. The normalized spacial score (nSPS) is 21.1. The molecule has 90 valence electrons. The molecule has 1 fully saturated rings. The maximum atomic E-state index is 4.51. The lowest BCUT2D eigenvalue weighted by Crippen LogP contribution is -2.31. The summed E-state index contributed by atoms with van der Waals surface area (Å²) in [5, 5.41) is 0. The third kappa shape index (κ3) is 3.60. The monoisotopic (exact) mass is 220 g/mol. The van der Waals surface area contributed by atoms with Crippen LogP contribution in [0.4, 0.5) is 0 Å². The minimum atomic E-state index is 0.648. The molecule has 0 aromatic carbocycles. The van der Waals surface area contributed by atoms with E-state index in [9.17, 15) is 0 Å². The van der Waals surface area contributed by atoms with Crippen LogP contribution in [-0.2, 0) is 0 Å². The van der Waals surface area contributed by atoms with Crippen LogP contribution < -0.4 is 0 Å². The molecule has 1 aromatic rings. The van der Waals surface area contributed by atoms with Gasteiger partial charge in [0.1, 0.15) is 0 Å². The van der Waals surface area contributed by atoms with Crippen LogP contribution in [0.15, 0.2) is 18.3 Å². The number of hydrogen-bond acceptors (Lipinski definition) is 2. The highest BCUT2D eigenvalue weighted by atomic mass is 15.1. The predicted molar refractivity (Wildman–Crippen MR) is 69.8 cm³/mol. The molecule has 1 aliphatic rings. The molecule has 2 rings (SSSR count). The Morgan fingerprint density at radius 3 is 2.62 bits per heavy atom. The van der Waals surface area contributed by atoms with E-state index in [1.165, 1.54) is 30.6 Å². The van der Waals surface area contributed by atoms with Crippen LogP contribution in [0.1, 0.15) is 43.9 Å². The molecule has 2 nitrogen and oxygen atoms in total. The number of hydrogen-bond donors (Lipinski definition) is 0. The van der Waals surface area contributed by atoms with E-state index in [4.69, 9.17) is 0 Å². The highest BCUT2D eigenvalue weighted by molar-refractivity contribution is 5.16. The van der Waals surface area contributed by atoms with Crippen molar-refractivity contribution in [1.82, 2.24) is 9.88 Å². The Morgan fingerprint density at radius 1 is 1.31 bits per heavy atom. The second-order valence-electron chi connectivity index (χ2n) is 4.36. The molecule has 1 aromatic heterocycles. The lowest BCUT2D eigenvalue weighted by molar-refractivity contribution is 0.248. The van der Waals surface area contributed by atoms with Crippen molar-refractivity contribution in [2.75, 3.05) is 20.1 Å². The smallest absolute Gasteiger partial charge is 0.0447 e. The Morgan fingerprint density at radius 2 is 2.06 bits per heavy atom. The van der Waals surface area contributed by atoms with Gasteiger partial charge >= 0.3 is 0 Å². The van der Waals surface area contributed by atoms with E-state index in [0.717, 1.165) is 6.54 Å². The maximum absolute atomic E-state index is 4.51. The van der Waals surface area contributed by atoms with Crippen molar-refractivity contribution >= 4 is 0 Å². The lowest BCUT2D eigenvalue weighted by atomic mass is 9.94. The van der Waals surface area contributed by atoms with Gasteiger partial charge in [0.05, 0.1) is 0 Å². The summed E-state index contributed by atoms with van der Waals surface area (Å²) in [6, 6.07) is 4.34. The van der Waals surface area contributed by atoms with Gasteiger partial charge in [0, 0.05) is 24.4 Å². The van der Waals surface area contributed by atoms with Gasteiger partial charge < -0.3 is 4.90 Å². The Kier molecular flexibility index (Phi) is 5.47. The Hall–Kier alpha value is -0.890. The van der Waals surface area contributed by atoms with Crippen LogP contribution in [0.3, 0.4) is 0 Å². The van der Waals surface area contributed by atoms with Crippen LogP contribution in [-0.4, -0.2) is 30.0 Å². The van der Waals surface area contributed by atoms with Gasteiger partial charge in [0.25, 0.3) is 0 Å². The molecule has 0 bridgehead atoms. The largest absolute Gasteiger partial charge is 0.306 e. The van der Waals surface area contributed by atoms with Crippen LogP contribution in [0, 0.1) is 6.92 Å². The Labute approximate surface area is 99.7 Å². The van der Waals surface area contributed by atoms with E-state index < -0.39 is 0 Å². The number of piperidine rings is 1. The fourth-order valence-electron chi connectivity index (χ4n) is 2.13. The molecular formula is C14H24N2. The van der Waals surface area contributed by atoms with Crippen molar-refractivity contribution < 1.29 is 0 Å². The summed E-state index contributed by atoms with van der Waals surface area (Å²) in [4.78, 5) is 6.91. The first-order chi connectivity index (χ1) is 7.75. The highest BCUT2D eigenvalue weighted by Crippen LogP contribution is 2.24. The first-order valence-corrected chi connectivity index (χ1v) is 6.37. The van der Waals surface area contributed by atoms with Crippen LogP contribution in [0.2, 0.25) is 0 Å². The van der Waals surface area contributed by atoms with Gasteiger partial charge in [-0.1, -0.05) is 19.9 Å². The number of aryl methyl sites for hydroxylation is 1. The summed E-state index contributed by atoms with van der Waals surface area (Å²) in [7, 11) is 2.19. The molecule has 0 saturated carbocycles.